The first-order chi connectivity index (χ1) is 8.08. The minimum absolute atomic E-state index is 0.00509. The highest BCUT2D eigenvalue weighted by molar-refractivity contribution is 7.91. The Labute approximate surface area is 101 Å². The van der Waals surface area contributed by atoms with Crippen molar-refractivity contribution in [2.45, 2.75) is 17.9 Å². The molecular formula is C11H16N2O3S. The van der Waals surface area contributed by atoms with Crippen LogP contribution in [-0.2, 0) is 14.6 Å². The van der Waals surface area contributed by atoms with E-state index in [1.807, 2.05) is 6.92 Å². The molecule has 1 aliphatic rings. The molecule has 2 heterocycles. The van der Waals surface area contributed by atoms with Gasteiger partial charge in [-0.15, -0.1) is 0 Å². The molecule has 1 unspecified atom stereocenters. The fraction of sp³-hybridized carbons (Fsp3) is 0.545. The summed E-state index contributed by atoms with van der Waals surface area (Å²) in [7, 11) is -3.31. The van der Waals surface area contributed by atoms with Gasteiger partial charge in [0.2, 0.25) is 0 Å². The molecule has 1 saturated heterocycles. The lowest BCUT2D eigenvalue weighted by Gasteiger charge is -2.23. The van der Waals surface area contributed by atoms with Gasteiger partial charge in [0.1, 0.15) is 0 Å². The molecular weight excluding hydrogens is 240 g/mol. The lowest BCUT2D eigenvalue weighted by atomic mass is 10.3. The van der Waals surface area contributed by atoms with E-state index in [2.05, 4.69) is 10.3 Å². The maximum atomic E-state index is 12.1. The highest BCUT2D eigenvalue weighted by Crippen LogP contribution is 2.13. The average Bonchev–Trinajstić information content (AvgIpc) is 2.30. The number of nitrogens with zero attached hydrogens (tertiary/aromatic N) is 1. The quantitative estimate of drug-likeness (QED) is 0.834. The van der Waals surface area contributed by atoms with Crippen molar-refractivity contribution in [2.24, 2.45) is 0 Å². The lowest BCUT2D eigenvalue weighted by Crippen LogP contribution is -2.42. The Morgan fingerprint density at radius 2 is 2.35 bits per heavy atom. The SMILES string of the molecule is Cc1cncc(S(=O)(=O)CC2CNCCO2)c1. The summed E-state index contributed by atoms with van der Waals surface area (Å²) in [4.78, 5) is 4.18. The van der Waals surface area contributed by atoms with Crippen LogP contribution in [0, 0.1) is 6.92 Å². The van der Waals surface area contributed by atoms with E-state index in [1.54, 1.807) is 12.3 Å². The number of aromatic nitrogens is 1. The fourth-order valence-electron chi connectivity index (χ4n) is 1.77. The third kappa shape index (κ3) is 3.24. The third-order valence-corrected chi connectivity index (χ3v) is 4.37. The van der Waals surface area contributed by atoms with Crippen molar-refractivity contribution >= 4 is 9.84 Å². The maximum absolute atomic E-state index is 12.1. The molecule has 5 nitrogen and oxygen atoms in total. The molecule has 0 aliphatic carbocycles. The van der Waals surface area contributed by atoms with Gasteiger partial charge >= 0.3 is 0 Å². The topological polar surface area (TPSA) is 68.3 Å². The molecule has 0 aromatic carbocycles. The molecule has 0 saturated carbocycles. The second-order valence-electron chi connectivity index (χ2n) is 4.18. The average molecular weight is 256 g/mol. The Morgan fingerprint density at radius 1 is 1.53 bits per heavy atom. The van der Waals surface area contributed by atoms with Crippen LogP contribution in [0.5, 0.6) is 0 Å². The van der Waals surface area contributed by atoms with E-state index >= 15 is 0 Å². The monoisotopic (exact) mass is 256 g/mol. The zero-order chi connectivity index (χ0) is 12.3. The van der Waals surface area contributed by atoms with E-state index in [0.29, 0.717) is 13.2 Å². The van der Waals surface area contributed by atoms with Crippen molar-refractivity contribution in [1.82, 2.24) is 10.3 Å². The van der Waals surface area contributed by atoms with Gasteiger partial charge in [0.15, 0.2) is 9.84 Å². The number of sulfone groups is 1. The number of nitrogens with one attached hydrogen (secondary N) is 1. The second kappa shape index (κ2) is 5.12. The van der Waals surface area contributed by atoms with Crippen molar-refractivity contribution in [3.63, 3.8) is 0 Å². The van der Waals surface area contributed by atoms with Crippen LogP contribution in [0.3, 0.4) is 0 Å². The van der Waals surface area contributed by atoms with Gasteiger partial charge in [-0.25, -0.2) is 8.42 Å². The van der Waals surface area contributed by atoms with Crippen molar-refractivity contribution < 1.29 is 13.2 Å². The number of aryl methyl sites for hydroxylation is 1. The molecule has 0 amide bonds. The van der Waals surface area contributed by atoms with E-state index in [-0.39, 0.29) is 16.8 Å². The van der Waals surface area contributed by atoms with Gasteiger partial charge in [-0.3, -0.25) is 4.98 Å². The first kappa shape index (κ1) is 12.5. The van der Waals surface area contributed by atoms with Crippen LogP contribution in [-0.4, -0.2) is 45.0 Å². The molecule has 0 radical (unpaired) electrons. The molecule has 2 rings (SSSR count). The fourth-order valence-corrected chi connectivity index (χ4v) is 3.25. The smallest absolute Gasteiger partial charge is 0.182 e. The van der Waals surface area contributed by atoms with Gasteiger partial charge in [-0.1, -0.05) is 0 Å². The summed E-state index contributed by atoms with van der Waals surface area (Å²) in [5.74, 6) is 0.00509. The molecule has 1 aromatic rings. The summed E-state index contributed by atoms with van der Waals surface area (Å²) in [6.45, 7) is 3.75. The van der Waals surface area contributed by atoms with Crippen LogP contribution >= 0.6 is 0 Å². The van der Waals surface area contributed by atoms with Crippen LogP contribution in [0.25, 0.3) is 0 Å². The van der Waals surface area contributed by atoms with Crippen molar-refractivity contribution in [1.29, 1.82) is 0 Å². The lowest BCUT2D eigenvalue weighted by molar-refractivity contribution is 0.0430. The van der Waals surface area contributed by atoms with Crippen LogP contribution in [0.4, 0.5) is 0 Å². The van der Waals surface area contributed by atoms with Gasteiger partial charge in [-0.05, 0) is 18.6 Å². The van der Waals surface area contributed by atoms with Crippen molar-refractivity contribution in [3.8, 4) is 0 Å². The highest BCUT2D eigenvalue weighted by atomic mass is 32.2. The predicted octanol–water partition coefficient (Wildman–Crippen LogP) is 0.152. The summed E-state index contributed by atoms with van der Waals surface area (Å²) < 4.78 is 29.6. The predicted molar refractivity (Wildman–Crippen MR) is 63.6 cm³/mol. The number of ether oxygens (including phenoxy) is 1. The van der Waals surface area contributed by atoms with Gasteiger partial charge in [-0.2, -0.15) is 0 Å². The van der Waals surface area contributed by atoms with Gasteiger partial charge in [0.05, 0.1) is 23.4 Å². The minimum atomic E-state index is -3.31. The standard InChI is InChI=1S/C11H16N2O3S/c1-9-4-11(7-13-5-9)17(14,15)8-10-6-12-2-3-16-10/h4-5,7,10,12H,2-3,6,8H2,1H3. The van der Waals surface area contributed by atoms with Crippen molar-refractivity contribution in [3.05, 3.63) is 24.0 Å². The van der Waals surface area contributed by atoms with Crippen LogP contribution in [0.1, 0.15) is 5.56 Å². The highest BCUT2D eigenvalue weighted by Gasteiger charge is 2.23. The number of hydrogen-bond acceptors (Lipinski definition) is 5. The molecule has 0 spiro atoms. The molecule has 1 N–H and O–H groups in total. The van der Waals surface area contributed by atoms with Crippen LogP contribution in [0.2, 0.25) is 0 Å². The van der Waals surface area contributed by atoms with Gasteiger partial charge < -0.3 is 10.1 Å². The van der Waals surface area contributed by atoms with Gasteiger partial charge in [0.25, 0.3) is 0 Å². The number of morpholine rings is 1. The van der Waals surface area contributed by atoms with E-state index < -0.39 is 9.84 Å². The summed E-state index contributed by atoms with van der Waals surface area (Å²) >= 11 is 0. The zero-order valence-electron chi connectivity index (χ0n) is 9.72. The zero-order valence-corrected chi connectivity index (χ0v) is 10.5. The second-order valence-corrected chi connectivity index (χ2v) is 6.21. The Kier molecular flexibility index (Phi) is 3.76. The molecule has 1 atom stereocenters. The molecule has 1 aromatic heterocycles. The normalized spacial score (nSPS) is 21.4. The maximum Gasteiger partial charge on any atom is 0.182 e. The molecule has 6 heteroatoms. The Bertz CT molecular complexity index is 481. The Balaban J connectivity index is 2.13. The number of hydrogen-bond donors (Lipinski definition) is 1. The van der Waals surface area contributed by atoms with E-state index in [1.165, 1.54) is 6.20 Å². The van der Waals surface area contributed by atoms with E-state index in [0.717, 1.165) is 12.1 Å². The van der Waals surface area contributed by atoms with E-state index in [4.69, 9.17) is 4.74 Å². The number of pyridine rings is 1. The van der Waals surface area contributed by atoms with Gasteiger partial charge in [0, 0.05) is 25.5 Å². The summed E-state index contributed by atoms with van der Waals surface area (Å²) in [6, 6.07) is 1.64. The molecule has 1 fully saturated rings. The molecule has 0 bridgehead atoms. The third-order valence-electron chi connectivity index (χ3n) is 2.62. The first-order valence-corrected chi connectivity index (χ1v) is 7.20. The first-order valence-electron chi connectivity index (χ1n) is 5.55. The molecule has 94 valence electrons. The largest absolute Gasteiger partial charge is 0.375 e. The minimum Gasteiger partial charge on any atom is -0.375 e. The van der Waals surface area contributed by atoms with Crippen molar-refractivity contribution in [2.75, 3.05) is 25.4 Å². The van der Waals surface area contributed by atoms with Crippen LogP contribution in [0.15, 0.2) is 23.4 Å². The summed E-state index contributed by atoms with van der Waals surface area (Å²) in [5, 5.41) is 3.12. The molecule has 1 aliphatic heterocycles. The van der Waals surface area contributed by atoms with E-state index in [9.17, 15) is 8.42 Å². The Morgan fingerprint density at radius 3 is 3.00 bits per heavy atom. The number of rotatable bonds is 3. The summed E-state index contributed by atoms with van der Waals surface area (Å²) in [5.41, 5.74) is 0.841. The Hall–Kier alpha value is -0.980. The summed E-state index contributed by atoms with van der Waals surface area (Å²) in [6.07, 6.45) is 2.75. The van der Waals surface area contributed by atoms with Crippen LogP contribution < -0.4 is 5.32 Å². The molecule has 17 heavy (non-hydrogen) atoms.